The molecule has 4 nitrogen and oxygen atoms in total. The molecule has 1 aromatic carbocycles. The number of amides is 1. The van der Waals surface area contributed by atoms with E-state index >= 15 is 0 Å². The summed E-state index contributed by atoms with van der Waals surface area (Å²) in [5.74, 6) is 0. The maximum Gasteiger partial charge on any atom is 0.411 e. The highest BCUT2D eigenvalue weighted by Gasteiger charge is 2.03. The summed E-state index contributed by atoms with van der Waals surface area (Å²) in [5, 5.41) is 2.66. The van der Waals surface area contributed by atoms with Crippen molar-refractivity contribution < 1.29 is 9.53 Å². The van der Waals surface area contributed by atoms with Crippen molar-refractivity contribution in [2.45, 2.75) is 20.3 Å². The number of hydrogen-bond acceptors (Lipinski definition) is 3. The van der Waals surface area contributed by atoms with Gasteiger partial charge in [-0.3, -0.25) is 5.32 Å². The van der Waals surface area contributed by atoms with Crippen molar-refractivity contribution in [1.82, 2.24) is 4.90 Å². The number of nitrogens with one attached hydrogen (secondary N) is 1. The smallest absolute Gasteiger partial charge is 0.411 e. The van der Waals surface area contributed by atoms with E-state index in [1.165, 1.54) is 0 Å². The molecule has 0 saturated heterocycles. The molecule has 0 aliphatic rings. The molecule has 0 atom stereocenters. The van der Waals surface area contributed by atoms with Gasteiger partial charge in [-0.1, -0.05) is 26.0 Å². The molecule has 0 saturated carbocycles. The summed E-state index contributed by atoms with van der Waals surface area (Å²) in [6.45, 7) is 7.72. The zero-order valence-corrected chi connectivity index (χ0v) is 11.1. The van der Waals surface area contributed by atoms with Gasteiger partial charge in [0, 0.05) is 12.2 Å². The van der Waals surface area contributed by atoms with Crippen LogP contribution in [0.1, 0.15) is 20.3 Å². The number of carbonyl (C=O) groups is 1. The minimum absolute atomic E-state index is 0.402. The first kappa shape index (κ1) is 14.5. The fourth-order valence-electron chi connectivity index (χ4n) is 1.62. The Hall–Kier alpha value is -1.55. The van der Waals surface area contributed by atoms with E-state index in [1.54, 1.807) is 24.3 Å². The molecule has 1 rings (SSSR count). The first-order valence-electron chi connectivity index (χ1n) is 6.38. The molecule has 99 valence electrons. The minimum Gasteiger partial charge on any atom is -0.449 e. The van der Waals surface area contributed by atoms with E-state index in [-0.39, 0.29) is 0 Å². The maximum atomic E-state index is 11.4. The summed E-state index contributed by atoms with van der Waals surface area (Å²) in [4.78, 5) is 13.7. The molecule has 1 N–H and O–H groups in total. The van der Waals surface area contributed by atoms with Gasteiger partial charge < -0.3 is 9.64 Å². The first-order chi connectivity index (χ1) is 8.76. The van der Waals surface area contributed by atoms with Crippen LogP contribution in [0.15, 0.2) is 24.3 Å². The van der Waals surface area contributed by atoms with E-state index in [4.69, 9.17) is 4.74 Å². The van der Waals surface area contributed by atoms with E-state index < -0.39 is 6.09 Å². The molecule has 1 radical (unpaired) electrons. The highest BCUT2D eigenvalue weighted by Crippen LogP contribution is 2.04. The Morgan fingerprint density at radius 2 is 2.00 bits per heavy atom. The Morgan fingerprint density at radius 1 is 1.33 bits per heavy atom. The van der Waals surface area contributed by atoms with E-state index in [0.29, 0.717) is 6.61 Å². The normalized spacial score (nSPS) is 10.4. The van der Waals surface area contributed by atoms with Gasteiger partial charge in [-0.2, -0.15) is 0 Å². The number of rotatable bonds is 7. The maximum absolute atomic E-state index is 11.4. The van der Waals surface area contributed by atoms with Crippen molar-refractivity contribution in [2.24, 2.45) is 0 Å². The highest BCUT2D eigenvalue weighted by atomic mass is 16.5. The summed E-state index contributed by atoms with van der Waals surface area (Å²) in [5.41, 5.74) is 0.725. The number of benzene rings is 1. The van der Waals surface area contributed by atoms with Crippen LogP contribution in [0, 0.1) is 6.07 Å². The lowest BCUT2D eigenvalue weighted by Crippen LogP contribution is -2.25. The molecule has 0 aliphatic carbocycles. The van der Waals surface area contributed by atoms with Crippen LogP contribution in [-0.4, -0.2) is 37.2 Å². The van der Waals surface area contributed by atoms with Crippen LogP contribution >= 0.6 is 0 Å². The van der Waals surface area contributed by atoms with Crippen molar-refractivity contribution >= 4 is 11.8 Å². The van der Waals surface area contributed by atoms with Gasteiger partial charge in [0.25, 0.3) is 0 Å². The lowest BCUT2D eigenvalue weighted by Gasteiger charge is -2.17. The Labute approximate surface area is 109 Å². The quantitative estimate of drug-likeness (QED) is 0.755. The molecule has 18 heavy (non-hydrogen) atoms. The summed E-state index contributed by atoms with van der Waals surface area (Å²) in [7, 11) is 0. The monoisotopic (exact) mass is 249 g/mol. The Kier molecular flexibility index (Phi) is 6.87. The average Bonchev–Trinajstić information content (AvgIpc) is 2.40. The zero-order valence-electron chi connectivity index (χ0n) is 11.1. The fourth-order valence-corrected chi connectivity index (χ4v) is 1.62. The van der Waals surface area contributed by atoms with Gasteiger partial charge in [0.2, 0.25) is 0 Å². The Bertz CT molecular complexity index is 337. The number of carbonyl (C=O) groups excluding carboxylic acids is 1. The summed E-state index contributed by atoms with van der Waals surface area (Å²) in [6, 6.07) is 9.93. The van der Waals surface area contributed by atoms with E-state index in [0.717, 1.165) is 31.7 Å². The van der Waals surface area contributed by atoms with Crippen LogP contribution < -0.4 is 5.32 Å². The van der Waals surface area contributed by atoms with Crippen LogP contribution in [0.3, 0.4) is 0 Å². The number of nitrogens with zero attached hydrogens (tertiary/aromatic N) is 1. The van der Waals surface area contributed by atoms with Gasteiger partial charge in [-0.05, 0) is 37.7 Å². The molecule has 0 fully saturated rings. The van der Waals surface area contributed by atoms with Crippen LogP contribution in [0.25, 0.3) is 0 Å². The van der Waals surface area contributed by atoms with Gasteiger partial charge in [0.15, 0.2) is 0 Å². The second-order valence-electron chi connectivity index (χ2n) is 3.93. The summed E-state index contributed by atoms with van der Waals surface area (Å²) < 4.78 is 5.10. The second kappa shape index (κ2) is 8.53. The average molecular weight is 249 g/mol. The third-order valence-corrected chi connectivity index (χ3v) is 2.71. The minimum atomic E-state index is -0.402. The van der Waals surface area contributed by atoms with E-state index in [9.17, 15) is 4.79 Å². The Morgan fingerprint density at radius 3 is 2.61 bits per heavy atom. The van der Waals surface area contributed by atoms with Gasteiger partial charge in [0.1, 0.15) is 0 Å². The van der Waals surface area contributed by atoms with Crippen LogP contribution in [0.5, 0.6) is 0 Å². The molecule has 0 aromatic heterocycles. The molecular formula is C14H21N2O2. The number of hydrogen-bond donors (Lipinski definition) is 1. The molecule has 4 heteroatoms. The molecule has 0 unspecified atom stereocenters. The van der Waals surface area contributed by atoms with Gasteiger partial charge >= 0.3 is 6.09 Å². The molecule has 0 bridgehead atoms. The van der Waals surface area contributed by atoms with Crippen molar-refractivity contribution in [1.29, 1.82) is 0 Å². The molecule has 1 amide bonds. The van der Waals surface area contributed by atoms with Crippen LogP contribution in [-0.2, 0) is 4.74 Å². The van der Waals surface area contributed by atoms with E-state index in [1.807, 2.05) is 0 Å². The Balaban J connectivity index is 2.14. The molecule has 0 aliphatic heterocycles. The first-order valence-corrected chi connectivity index (χ1v) is 6.38. The van der Waals surface area contributed by atoms with Crippen LogP contribution in [0.4, 0.5) is 10.5 Å². The standard InChI is InChI=1S/C14H21N2O2/c1-3-16(4-2)11-8-12-18-14(17)15-13-9-6-5-7-10-13/h6-7,9-10H,3-4,8,11-12H2,1-2H3,(H,15,17). The fraction of sp³-hybridized carbons (Fsp3) is 0.500. The molecule has 0 heterocycles. The molecule has 1 aromatic rings. The topological polar surface area (TPSA) is 41.6 Å². The van der Waals surface area contributed by atoms with Crippen molar-refractivity contribution in [3.8, 4) is 0 Å². The number of ether oxygens (including phenoxy) is 1. The third-order valence-electron chi connectivity index (χ3n) is 2.71. The second-order valence-corrected chi connectivity index (χ2v) is 3.93. The predicted octanol–water partition coefficient (Wildman–Crippen LogP) is 2.77. The lowest BCUT2D eigenvalue weighted by molar-refractivity contribution is 0.153. The summed E-state index contributed by atoms with van der Waals surface area (Å²) in [6.07, 6.45) is 0.457. The molecular weight excluding hydrogens is 228 g/mol. The van der Waals surface area contributed by atoms with Gasteiger partial charge in [-0.25, -0.2) is 4.79 Å². The molecule has 0 spiro atoms. The van der Waals surface area contributed by atoms with E-state index in [2.05, 4.69) is 30.1 Å². The van der Waals surface area contributed by atoms with Crippen molar-refractivity contribution in [3.05, 3.63) is 30.3 Å². The van der Waals surface area contributed by atoms with Crippen molar-refractivity contribution in [2.75, 3.05) is 31.6 Å². The predicted molar refractivity (Wildman–Crippen MR) is 72.7 cm³/mol. The lowest BCUT2D eigenvalue weighted by atomic mass is 10.3. The SMILES string of the molecule is CCN(CC)CCCOC(=O)Nc1cc[c]cc1. The largest absolute Gasteiger partial charge is 0.449 e. The number of anilines is 1. The van der Waals surface area contributed by atoms with Gasteiger partial charge in [0.05, 0.1) is 6.61 Å². The van der Waals surface area contributed by atoms with Crippen LogP contribution in [0.2, 0.25) is 0 Å². The summed E-state index contributed by atoms with van der Waals surface area (Å²) >= 11 is 0. The van der Waals surface area contributed by atoms with Gasteiger partial charge in [-0.15, -0.1) is 0 Å². The zero-order chi connectivity index (χ0) is 13.2. The third kappa shape index (κ3) is 5.68. The van der Waals surface area contributed by atoms with Crippen molar-refractivity contribution in [3.63, 3.8) is 0 Å². The highest BCUT2D eigenvalue weighted by molar-refractivity contribution is 5.84.